The lowest BCUT2D eigenvalue weighted by Crippen LogP contribution is -2.63. The zero-order valence-corrected chi connectivity index (χ0v) is 12.6. The fourth-order valence-corrected chi connectivity index (χ4v) is 2.62. The van der Waals surface area contributed by atoms with Gasteiger partial charge in [-0.3, -0.25) is 0 Å². The minimum absolute atomic E-state index is 0.664. The second kappa shape index (κ2) is 7.04. The van der Waals surface area contributed by atoms with Crippen LogP contribution in [0.4, 0.5) is 0 Å². The summed E-state index contributed by atoms with van der Waals surface area (Å²) in [4.78, 5) is 0. The topological polar surface area (TPSA) is 138 Å². The third kappa shape index (κ3) is 3.28. The van der Waals surface area contributed by atoms with Crippen LogP contribution in [0.2, 0.25) is 0 Å². The maximum Gasteiger partial charge on any atom is 0.187 e. The van der Waals surface area contributed by atoms with E-state index < -0.39 is 61.4 Å². The average molecular weight is 324 g/mol. The molecule has 0 aliphatic carbocycles. The SMILES string of the molecule is COC1O[C@@H](C)[C@@H](O)[C@@H](O)[C@@H]1OC1O[C@@H](C)[C@@H](O)[C@@H](O)[C@@H]1O. The molecule has 9 nitrogen and oxygen atoms in total. The van der Waals surface area contributed by atoms with E-state index in [1.807, 2.05) is 0 Å². The summed E-state index contributed by atoms with van der Waals surface area (Å²) in [6, 6.07) is 0. The van der Waals surface area contributed by atoms with Gasteiger partial charge in [0.1, 0.15) is 36.6 Å². The molecule has 2 aliphatic rings. The van der Waals surface area contributed by atoms with Crippen LogP contribution in [-0.2, 0) is 18.9 Å². The third-order valence-corrected chi connectivity index (χ3v) is 4.12. The number of ether oxygens (including phenoxy) is 4. The van der Waals surface area contributed by atoms with Gasteiger partial charge in [0, 0.05) is 7.11 Å². The van der Waals surface area contributed by atoms with Gasteiger partial charge in [-0.15, -0.1) is 0 Å². The molecule has 2 fully saturated rings. The molecule has 0 spiro atoms. The number of hydrogen-bond acceptors (Lipinski definition) is 9. The molecule has 2 aliphatic heterocycles. The van der Waals surface area contributed by atoms with Gasteiger partial charge in [-0.05, 0) is 13.8 Å². The standard InChI is InChI=1S/C13H24O9/c1-4-6(14)8(16)10(18)12(20-4)22-11-9(17)7(15)5(2)21-13(11)19-3/h4-18H,1-3H3/t4-,5-,6+,7+,8+,9+,10-,11-,12?,13?/m0/s1. The summed E-state index contributed by atoms with van der Waals surface area (Å²) in [6.07, 6.45) is -11.6. The van der Waals surface area contributed by atoms with Crippen molar-refractivity contribution in [2.45, 2.75) is 75.3 Å². The van der Waals surface area contributed by atoms with E-state index in [1.165, 1.54) is 14.0 Å². The second-order valence-electron chi connectivity index (χ2n) is 5.71. The number of methoxy groups -OCH3 is 1. The van der Waals surface area contributed by atoms with Gasteiger partial charge < -0.3 is 44.5 Å². The molecule has 0 bridgehead atoms. The highest BCUT2D eigenvalue weighted by Crippen LogP contribution is 2.29. The minimum Gasteiger partial charge on any atom is -0.388 e. The first-order valence-electron chi connectivity index (χ1n) is 7.17. The highest BCUT2D eigenvalue weighted by atomic mass is 16.7. The Labute approximate surface area is 128 Å². The Kier molecular flexibility index (Phi) is 5.75. The molecule has 0 saturated carbocycles. The fraction of sp³-hybridized carbons (Fsp3) is 1.00. The second-order valence-corrected chi connectivity index (χ2v) is 5.71. The van der Waals surface area contributed by atoms with Crippen molar-refractivity contribution in [3.63, 3.8) is 0 Å². The molecule has 9 heteroatoms. The lowest BCUT2D eigenvalue weighted by Gasteiger charge is -2.45. The Balaban J connectivity index is 2.10. The van der Waals surface area contributed by atoms with Crippen molar-refractivity contribution in [2.75, 3.05) is 7.11 Å². The Morgan fingerprint density at radius 1 is 0.682 bits per heavy atom. The van der Waals surface area contributed by atoms with E-state index in [0.717, 1.165) is 0 Å². The van der Waals surface area contributed by atoms with Gasteiger partial charge in [0.05, 0.1) is 12.2 Å². The van der Waals surface area contributed by atoms with Crippen molar-refractivity contribution >= 4 is 0 Å². The average Bonchev–Trinajstić information content (AvgIpc) is 2.50. The van der Waals surface area contributed by atoms with Gasteiger partial charge in [0.2, 0.25) is 0 Å². The van der Waals surface area contributed by atoms with Crippen molar-refractivity contribution in [3.8, 4) is 0 Å². The summed E-state index contributed by atoms with van der Waals surface area (Å²) in [5, 5.41) is 49.3. The smallest absolute Gasteiger partial charge is 0.187 e. The number of hydrogen-bond donors (Lipinski definition) is 5. The van der Waals surface area contributed by atoms with E-state index in [4.69, 9.17) is 18.9 Å². The molecule has 22 heavy (non-hydrogen) atoms. The van der Waals surface area contributed by atoms with E-state index in [1.54, 1.807) is 6.92 Å². The van der Waals surface area contributed by atoms with Crippen LogP contribution in [0.25, 0.3) is 0 Å². The first-order valence-corrected chi connectivity index (χ1v) is 7.17. The number of aliphatic hydroxyl groups excluding tert-OH is 5. The largest absolute Gasteiger partial charge is 0.388 e. The summed E-state index contributed by atoms with van der Waals surface area (Å²) in [6.45, 7) is 3.08. The molecule has 0 aromatic heterocycles. The molecule has 10 atom stereocenters. The molecule has 0 radical (unpaired) electrons. The van der Waals surface area contributed by atoms with E-state index in [9.17, 15) is 25.5 Å². The van der Waals surface area contributed by atoms with Gasteiger partial charge in [-0.2, -0.15) is 0 Å². The molecule has 0 aromatic rings. The molecule has 0 aromatic carbocycles. The van der Waals surface area contributed by atoms with E-state index in [0.29, 0.717) is 0 Å². The van der Waals surface area contributed by atoms with Crippen LogP contribution in [0.3, 0.4) is 0 Å². The maximum atomic E-state index is 10.1. The van der Waals surface area contributed by atoms with Crippen LogP contribution >= 0.6 is 0 Å². The zero-order chi connectivity index (χ0) is 16.6. The van der Waals surface area contributed by atoms with Crippen molar-refractivity contribution < 1.29 is 44.5 Å². The van der Waals surface area contributed by atoms with Crippen molar-refractivity contribution in [1.82, 2.24) is 0 Å². The number of rotatable bonds is 3. The summed E-state index contributed by atoms with van der Waals surface area (Å²) in [5.74, 6) is 0. The van der Waals surface area contributed by atoms with Crippen LogP contribution in [0.5, 0.6) is 0 Å². The molecule has 2 heterocycles. The zero-order valence-electron chi connectivity index (χ0n) is 12.6. The molecule has 130 valence electrons. The van der Waals surface area contributed by atoms with Gasteiger partial charge in [0.25, 0.3) is 0 Å². The molecule has 2 unspecified atom stereocenters. The molecular formula is C13H24O9. The first-order chi connectivity index (χ1) is 10.3. The Morgan fingerprint density at radius 2 is 1.18 bits per heavy atom. The minimum atomic E-state index is -1.52. The molecule has 2 rings (SSSR count). The van der Waals surface area contributed by atoms with Crippen molar-refractivity contribution in [1.29, 1.82) is 0 Å². The van der Waals surface area contributed by atoms with Gasteiger partial charge in [-0.1, -0.05) is 0 Å². The summed E-state index contributed by atoms with van der Waals surface area (Å²) >= 11 is 0. The summed E-state index contributed by atoms with van der Waals surface area (Å²) < 4.78 is 21.2. The number of aliphatic hydroxyl groups is 5. The van der Waals surface area contributed by atoms with Crippen LogP contribution in [0.1, 0.15) is 13.8 Å². The predicted molar refractivity (Wildman–Crippen MR) is 70.6 cm³/mol. The molecule has 0 amide bonds. The Hall–Kier alpha value is -0.360. The maximum absolute atomic E-state index is 10.1. The Bertz CT molecular complexity index is 365. The van der Waals surface area contributed by atoms with Crippen molar-refractivity contribution in [2.24, 2.45) is 0 Å². The molecule has 2 saturated heterocycles. The van der Waals surface area contributed by atoms with Crippen LogP contribution < -0.4 is 0 Å². The van der Waals surface area contributed by atoms with Crippen LogP contribution in [0.15, 0.2) is 0 Å². The fourth-order valence-electron chi connectivity index (χ4n) is 2.62. The van der Waals surface area contributed by atoms with Gasteiger partial charge >= 0.3 is 0 Å². The Morgan fingerprint density at radius 3 is 1.73 bits per heavy atom. The van der Waals surface area contributed by atoms with Gasteiger partial charge in [-0.25, -0.2) is 0 Å². The predicted octanol–water partition coefficient (Wildman–Crippen LogP) is -2.69. The lowest BCUT2D eigenvalue weighted by atomic mass is 9.98. The summed E-state index contributed by atoms with van der Waals surface area (Å²) in [7, 11) is 1.34. The highest BCUT2D eigenvalue weighted by molar-refractivity contribution is 4.92. The monoisotopic (exact) mass is 324 g/mol. The van der Waals surface area contributed by atoms with Gasteiger partial charge in [0.15, 0.2) is 12.6 Å². The third-order valence-electron chi connectivity index (χ3n) is 4.12. The van der Waals surface area contributed by atoms with E-state index in [2.05, 4.69) is 0 Å². The quantitative estimate of drug-likeness (QED) is 0.376. The van der Waals surface area contributed by atoms with Crippen molar-refractivity contribution in [3.05, 3.63) is 0 Å². The van der Waals surface area contributed by atoms with E-state index >= 15 is 0 Å². The summed E-state index contributed by atoms with van der Waals surface area (Å²) in [5.41, 5.74) is 0. The lowest BCUT2D eigenvalue weighted by molar-refractivity contribution is -0.359. The molecular weight excluding hydrogens is 300 g/mol. The van der Waals surface area contributed by atoms with Crippen LogP contribution in [-0.4, -0.2) is 94.1 Å². The van der Waals surface area contributed by atoms with E-state index in [-0.39, 0.29) is 0 Å². The molecule has 5 N–H and O–H groups in total. The highest BCUT2D eigenvalue weighted by Gasteiger charge is 2.49. The normalized spacial score (nSPS) is 53.5. The van der Waals surface area contributed by atoms with Crippen LogP contribution in [0, 0.1) is 0 Å². The first kappa shape index (κ1) is 18.0.